The van der Waals surface area contributed by atoms with Crippen LogP contribution in [-0.4, -0.2) is 45.5 Å². The Kier molecular flexibility index (Phi) is 8.20. The maximum absolute atomic E-state index is 12.4. The van der Waals surface area contributed by atoms with Gasteiger partial charge in [-0.2, -0.15) is 0 Å². The van der Waals surface area contributed by atoms with Gasteiger partial charge in [0, 0.05) is 6.04 Å². The number of methoxy groups -OCH3 is 1. The van der Waals surface area contributed by atoms with E-state index in [4.69, 9.17) is 21.1 Å². The third-order valence-corrected chi connectivity index (χ3v) is 5.96. The van der Waals surface area contributed by atoms with E-state index in [0.717, 1.165) is 12.8 Å². The number of rotatable bonds is 11. The number of nitrogens with one attached hydrogen (secondary N) is 1. The Morgan fingerprint density at radius 1 is 1.29 bits per heavy atom. The van der Waals surface area contributed by atoms with Crippen molar-refractivity contribution in [3.63, 3.8) is 0 Å². The van der Waals surface area contributed by atoms with Crippen LogP contribution in [-0.2, 0) is 20.9 Å². The van der Waals surface area contributed by atoms with Crippen LogP contribution in [0.4, 0.5) is 0 Å². The molecule has 1 fully saturated rings. The molecule has 1 N–H and O–H groups in total. The van der Waals surface area contributed by atoms with Crippen molar-refractivity contribution in [1.29, 1.82) is 0 Å². The molecule has 0 bridgehead atoms. The largest absolute Gasteiger partial charge is 0.484 e. The maximum Gasteiger partial charge on any atom is 0.328 e. The molecule has 1 atom stereocenters. The Balaban J connectivity index is 1.61. The average Bonchev–Trinajstić information content (AvgIpc) is 3.50. The molecule has 0 spiro atoms. The topological polar surface area (TPSA) is 95.3 Å². The third kappa shape index (κ3) is 6.61. The summed E-state index contributed by atoms with van der Waals surface area (Å²) in [6, 6.07) is 6.92. The fraction of sp³-hybridized carbons (Fsp3) is 0.524. The summed E-state index contributed by atoms with van der Waals surface area (Å²) in [4.78, 5) is 24.4. The Morgan fingerprint density at radius 2 is 2.03 bits per heavy atom. The van der Waals surface area contributed by atoms with Gasteiger partial charge in [0.15, 0.2) is 11.0 Å². The average molecular weight is 467 g/mol. The molecule has 8 nitrogen and oxygen atoms in total. The van der Waals surface area contributed by atoms with E-state index < -0.39 is 12.0 Å². The Hall–Kier alpha value is -2.26. The molecule has 0 radical (unpaired) electrons. The van der Waals surface area contributed by atoms with Crippen LogP contribution in [0.3, 0.4) is 0 Å². The Labute approximate surface area is 191 Å². The number of thioether (sulfide) groups is 1. The highest BCUT2D eigenvalue weighted by molar-refractivity contribution is 7.99. The predicted octanol–water partition coefficient (Wildman–Crippen LogP) is 3.64. The van der Waals surface area contributed by atoms with E-state index in [-0.39, 0.29) is 24.2 Å². The lowest BCUT2D eigenvalue weighted by atomic mass is 10.0. The van der Waals surface area contributed by atoms with Crippen LogP contribution < -0.4 is 10.1 Å². The first-order valence-electron chi connectivity index (χ1n) is 10.2. The smallest absolute Gasteiger partial charge is 0.328 e. The zero-order valence-electron chi connectivity index (χ0n) is 17.8. The Morgan fingerprint density at radius 3 is 2.68 bits per heavy atom. The normalized spacial score (nSPS) is 14.4. The number of hydrogen-bond donors (Lipinski definition) is 1. The second-order valence-electron chi connectivity index (χ2n) is 7.78. The molecule has 1 aromatic carbocycles. The van der Waals surface area contributed by atoms with Gasteiger partial charge >= 0.3 is 5.97 Å². The molecular formula is C21H27ClN4O4S. The van der Waals surface area contributed by atoms with Crippen LogP contribution in [0.5, 0.6) is 5.75 Å². The van der Waals surface area contributed by atoms with Gasteiger partial charge in [0.2, 0.25) is 5.91 Å². The Bertz CT molecular complexity index is 917. The SMILES string of the molecule is COC(=O)C(CC(C)C)NC(=O)CSc1nnc(COc2ccccc2Cl)n1C1CC1. The monoisotopic (exact) mass is 466 g/mol. The fourth-order valence-corrected chi connectivity index (χ4v) is 4.13. The van der Waals surface area contributed by atoms with Gasteiger partial charge in [0.1, 0.15) is 18.4 Å². The van der Waals surface area contributed by atoms with E-state index in [1.54, 1.807) is 12.1 Å². The highest BCUT2D eigenvalue weighted by Crippen LogP contribution is 2.39. The van der Waals surface area contributed by atoms with Gasteiger partial charge in [0.25, 0.3) is 0 Å². The second-order valence-corrected chi connectivity index (χ2v) is 9.13. The third-order valence-electron chi connectivity index (χ3n) is 4.70. The fourth-order valence-electron chi connectivity index (χ4n) is 3.10. The molecule has 31 heavy (non-hydrogen) atoms. The van der Waals surface area contributed by atoms with Crippen molar-refractivity contribution in [2.75, 3.05) is 12.9 Å². The van der Waals surface area contributed by atoms with Crippen molar-refractivity contribution in [3.05, 3.63) is 35.1 Å². The molecular weight excluding hydrogens is 440 g/mol. The molecule has 3 rings (SSSR count). The molecule has 1 aliphatic rings. The van der Waals surface area contributed by atoms with Gasteiger partial charge in [-0.25, -0.2) is 4.79 Å². The minimum atomic E-state index is -0.654. The number of nitrogens with zero attached hydrogens (tertiary/aromatic N) is 3. The van der Waals surface area contributed by atoms with Crippen molar-refractivity contribution in [1.82, 2.24) is 20.1 Å². The molecule has 2 aromatic rings. The molecule has 0 saturated heterocycles. The lowest BCUT2D eigenvalue weighted by Crippen LogP contribution is -2.43. The van der Waals surface area contributed by atoms with Crippen LogP contribution in [0.15, 0.2) is 29.4 Å². The molecule has 168 valence electrons. The lowest BCUT2D eigenvalue weighted by Gasteiger charge is -2.18. The molecule has 10 heteroatoms. The molecule has 1 aliphatic carbocycles. The van der Waals surface area contributed by atoms with Crippen LogP contribution in [0.25, 0.3) is 0 Å². The van der Waals surface area contributed by atoms with Crippen LogP contribution >= 0.6 is 23.4 Å². The number of carbonyl (C=O) groups is 2. The summed E-state index contributed by atoms with van der Waals surface area (Å²) >= 11 is 7.44. The minimum absolute atomic E-state index is 0.127. The predicted molar refractivity (Wildman–Crippen MR) is 118 cm³/mol. The summed E-state index contributed by atoms with van der Waals surface area (Å²) in [5, 5.41) is 12.5. The standard InChI is InChI=1S/C21H27ClN4O4S/c1-13(2)10-16(20(28)29-3)23-19(27)12-31-21-25-24-18(26(21)14-8-9-14)11-30-17-7-5-4-6-15(17)22/h4-7,13-14,16H,8-12H2,1-3H3,(H,23,27). The van der Waals surface area contributed by atoms with Crippen molar-refractivity contribution in [2.45, 2.75) is 57.0 Å². The molecule has 1 saturated carbocycles. The van der Waals surface area contributed by atoms with E-state index in [0.29, 0.717) is 34.2 Å². The first-order chi connectivity index (χ1) is 14.9. The summed E-state index contributed by atoms with van der Waals surface area (Å²) in [6.45, 7) is 4.21. The van der Waals surface area contributed by atoms with Crippen molar-refractivity contribution in [2.24, 2.45) is 5.92 Å². The number of esters is 1. The quantitative estimate of drug-likeness (QED) is 0.399. The minimum Gasteiger partial charge on any atom is -0.484 e. The summed E-state index contributed by atoms with van der Waals surface area (Å²) < 4.78 is 12.6. The summed E-state index contributed by atoms with van der Waals surface area (Å²) in [6.07, 6.45) is 2.59. The number of carbonyl (C=O) groups excluding carboxylic acids is 2. The van der Waals surface area contributed by atoms with E-state index >= 15 is 0 Å². The molecule has 0 aliphatic heterocycles. The zero-order chi connectivity index (χ0) is 22.4. The van der Waals surface area contributed by atoms with Crippen molar-refractivity contribution in [3.8, 4) is 5.75 Å². The first-order valence-corrected chi connectivity index (χ1v) is 11.6. The zero-order valence-corrected chi connectivity index (χ0v) is 19.4. The van der Waals surface area contributed by atoms with Crippen LogP contribution in [0.1, 0.15) is 45.0 Å². The number of halogens is 1. The number of hydrogen-bond acceptors (Lipinski definition) is 7. The summed E-state index contributed by atoms with van der Waals surface area (Å²) in [5.74, 6) is 0.963. The van der Waals surface area contributed by atoms with E-state index in [1.807, 2.05) is 30.5 Å². The lowest BCUT2D eigenvalue weighted by molar-refractivity contribution is -0.145. The molecule has 1 heterocycles. The number of aromatic nitrogens is 3. The van der Waals surface area contributed by atoms with Crippen LogP contribution in [0, 0.1) is 5.92 Å². The highest BCUT2D eigenvalue weighted by atomic mass is 35.5. The summed E-state index contributed by atoms with van der Waals surface area (Å²) in [7, 11) is 1.32. The second kappa shape index (κ2) is 10.9. The molecule has 1 amide bonds. The van der Waals surface area contributed by atoms with Crippen molar-refractivity contribution >= 4 is 35.2 Å². The number of para-hydroxylation sites is 1. The maximum atomic E-state index is 12.4. The van der Waals surface area contributed by atoms with Gasteiger partial charge in [0.05, 0.1) is 17.9 Å². The van der Waals surface area contributed by atoms with Gasteiger partial charge in [-0.05, 0) is 37.3 Å². The van der Waals surface area contributed by atoms with E-state index in [1.165, 1.54) is 18.9 Å². The molecule has 1 aromatic heterocycles. The summed E-state index contributed by atoms with van der Waals surface area (Å²) in [5.41, 5.74) is 0. The molecule has 1 unspecified atom stereocenters. The van der Waals surface area contributed by atoms with E-state index in [2.05, 4.69) is 15.5 Å². The van der Waals surface area contributed by atoms with E-state index in [9.17, 15) is 9.59 Å². The number of ether oxygens (including phenoxy) is 2. The highest BCUT2D eigenvalue weighted by Gasteiger charge is 2.30. The number of amides is 1. The van der Waals surface area contributed by atoms with Gasteiger partial charge in [-0.1, -0.05) is 49.3 Å². The van der Waals surface area contributed by atoms with Gasteiger partial charge < -0.3 is 14.8 Å². The van der Waals surface area contributed by atoms with Crippen molar-refractivity contribution < 1.29 is 19.1 Å². The first kappa shape index (κ1) is 23.4. The van der Waals surface area contributed by atoms with Crippen LogP contribution in [0.2, 0.25) is 5.02 Å². The number of benzene rings is 1. The van der Waals surface area contributed by atoms with Gasteiger partial charge in [-0.3, -0.25) is 9.36 Å². The van der Waals surface area contributed by atoms with Gasteiger partial charge in [-0.15, -0.1) is 10.2 Å².